The Balaban J connectivity index is 0.00000162. The van der Waals surface area contributed by atoms with Crippen molar-refractivity contribution in [3.05, 3.63) is 19.9 Å². The minimum absolute atomic E-state index is 0. The molecule has 0 aliphatic heterocycles. The first-order valence-electron chi connectivity index (χ1n) is 5.91. The average molecular weight is 401 g/mol. The van der Waals surface area contributed by atoms with Crippen molar-refractivity contribution >= 4 is 52.2 Å². The fourth-order valence-corrected chi connectivity index (χ4v) is 3.95. The van der Waals surface area contributed by atoms with Crippen molar-refractivity contribution in [2.45, 2.75) is 37.6 Å². The Morgan fingerprint density at radius 1 is 1.44 bits per heavy atom. The van der Waals surface area contributed by atoms with Gasteiger partial charge >= 0.3 is 0 Å². The van der Waals surface area contributed by atoms with Gasteiger partial charge in [0.2, 0.25) is 5.91 Å². The van der Waals surface area contributed by atoms with Crippen LogP contribution in [0.5, 0.6) is 0 Å². The molecule has 3 N–H and O–H groups in total. The molecule has 0 saturated heterocycles. The average Bonchev–Trinajstić information content (AvgIpc) is 2.89. The standard InChI is InChI=1S/C12H17IN2OS.ClH/c13-10-4-3-9(17-10)5-8-15-11(16)12(14)6-1-2-7-12;/h3-4H,1-2,5-8,14H2,(H,15,16);1H. The predicted molar refractivity (Wildman–Crippen MR) is 86.4 cm³/mol. The highest BCUT2D eigenvalue weighted by atomic mass is 127. The van der Waals surface area contributed by atoms with E-state index < -0.39 is 5.54 Å². The first-order valence-corrected chi connectivity index (χ1v) is 7.81. The number of rotatable bonds is 4. The molecule has 1 amide bonds. The zero-order chi connectivity index (χ0) is 12.3. The first kappa shape index (κ1) is 16.2. The van der Waals surface area contributed by atoms with Gasteiger partial charge < -0.3 is 11.1 Å². The third-order valence-corrected chi connectivity index (χ3v) is 5.19. The molecule has 0 spiro atoms. The summed E-state index contributed by atoms with van der Waals surface area (Å²) >= 11 is 4.08. The maximum absolute atomic E-state index is 11.9. The maximum atomic E-state index is 11.9. The van der Waals surface area contributed by atoms with Crippen LogP contribution >= 0.6 is 46.3 Å². The van der Waals surface area contributed by atoms with Gasteiger partial charge in [-0.25, -0.2) is 0 Å². The van der Waals surface area contributed by atoms with E-state index in [1.54, 1.807) is 11.3 Å². The molecule has 0 unspecified atom stereocenters. The molecule has 1 saturated carbocycles. The highest BCUT2D eigenvalue weighted by Crippen LogP contribution is 2.27. The lowest BCUT2D eigenvalue weighted by molar-refractivity contribution is -0.126. The highest BCUT2D eigenvalue weighted by Gasteiger charge is 2.36. The Kier molecular flexibility index (Phi) is 6.37. The Morgan fingerprint density at radius 2 is 2.11 bits per heavy atom. The molecule has 6 heteroatoms. The van der Waals surface area contributed by atoms with Gasteiger partial charge in [0.25, 0.3) is 0 Å². The number of carbonyl (C=O) groups is 1. The molecule has 0 atom stereocenters. The maximum Gasteiger partial charge on any atom is 0.240 e. The van der Waals surface area contributed by atoms with Crippen molar-refractivity contribution in [3.8, 4) is 0 Å². The van der Waals surface area contributed by atoms with Crippen LogP contribution in [-0.2, 0) is 11.2 Å². The molecule has 0 bridgehead atoms. The van der Waals surface area contributed by atoms with E-state index in [1.807, 2.05) is 0 Å². The molecular weight excluding hydrogens is 383 g/mol. The number of amides is 1. The second kappa shape index (κ2) is 7.07. The third kappa shape index (κ3) is 4.08. The minimum Gasteiger partial charge on any atom is -0.354 e. The predicted octanol–water partition coefficient (Wildman–Crippen LogP) is 2.70. The largest absolute Gasteiger partial charge is 0.354 e. The van der Waals surface area contributed by atoms with Gasteiger partial charge in [0, 0.05) is 11.4 Å². The lowest BCUT2D eigenvalue weighted by Crippen LogP contribution is -2.52. The van der Waals surface area contributed by atoms with Crippen LogP contribution in [0.2, 0.25) is 0 Å². The van der Waals surface area contributed by atoms with Crippen molar-refractivity contribution in [3.63, 3.8) is 0 Å². The van der Waals surface area contributed by atoms with Crippen LogP contribution in [0.25, 0.3) is 0 Å². The topological polar surface area (TPSA) is 55.1 Å². The van der Waals surface area contributed by atoms with Crippen molar-refractivity contribution in [2.24, 2.45) is 5.73 Å². The van der Waals surface area contributed by atoms with Crippen LogP contribution in [-0.4, -0.2) is 18.0 Å². The smallest absolute Gasteiger partial charge is 0.240 e. The second-order valence-corrected chi connectivity index (χ2v) is 7.64. The molecule has 18 heavy (non-hydrogen) atoms. The van der Waals surface area contributed by atoms with Crippen molar-refractivity contribution in [2.75, 3.05) is 6.54 Å². The SMILES string of the molecule is Cl.NC1(C(=O)NCCc2ccc(I)s2)CCCC1. The Morgan fingerprint density at radius 3 is 2.67 bits per heavy atom. The Bertz CT molecular complexity index is 405. The summed E-state index contributed by atoms with van der Waals surface area (Å²) in [5, 5.41) is 2.96. The lowest BCUT2D eigenvalue weighted by Gasteiger charge is -2.22. The highest BCUT2D eigenvalue weighted by molar-refractivity contribution is 14.1. The van der Waals surface area contributed by atoms with E-state index in [0.29, 0.717) is 6.54 Å². The van der Waals surface area contributed by atoms with Gasteiger partial charge in [-0.2, -0.15) is 0 Å². The molecule has 3 nitrogen and oxygen atoms in total. The van der Waals surface area contributed by atoms with Gasteiger partial charge in [-0.05, 0) is 54.0 Å². The first-order chi connectivity index (χ1) is 8.10. The van der Waals surface area contributed by atoms with E-state index in [4.69, 9.17) is 5.73 Å². The van der Waals surface area contributed by atoms with Crippen LogP contribution in [0.1, 0.15) is 30.6 Å². The fraction of sp³-hybridized carbons (Fsp3) is 0.583. The lowest BCUT2D eigenvalue weighted by atomic mass is 9.98. The Hall–Kier alpha value is 0.150. The van der Waals surface area contributed by atoms with Gasteiger partial charge in [-0.3, -0.25) is 4.79 Å². The van der Waals surface area contributed by atoms with E-state index in [1.165, 1.54) is 7.76 Å². The van der Waals surface area contributed by atoms with Crippen LogP contribution in [0.4, 0.5) is 0 Å². The molecule has 2 rings (SSSR count). The van der Waals surface area contributed by atoms with Gasteiger partial charge in [-0.15, -0.1) is 23.7 Å². The summed E-state index contributed by atoms with van der Waals surface area (Å²) < 4.78 is 1.29. The fourth-order valence-electron chi connectivity index (χ4n) is 2.19. The van der Waals surface area contributed by atoms with Crippen LogP contribution in [0.15, 0.2) is 12.1 Å². The minimum atomic E-state index is -0.593. The van der Waals surface area contributed by atoms with Gasteiger partial charge in [0.1, 0.15) is 0 Å². The molecule has 0 radical (unpaired) electrons. The number of thiophene rings is 1. The molecule has 1 aliphatic carbocycles. The molecule has 1 heterocycles. The van der Waals surface area contributed by atoms with E-state index in [2.05, 4.69) is 40.0 Å². The molecule has 1 aliphatic rings. The number of carbonyl (C=O) groups excluding carboxylic acids is 1. The summed E-state index contributed by atoms with van der Waals surface area (Å²) in [6.07, 6.45) is 4.71. The number of hydrogen-bond donors (Lipinski definition) is 2. The van der Waals surface area contributed by atoms with Gasteiger partial charge in [0.05, 0.1) is 8.42 Å². The van der Waals surface area contributed by atoms with Crippen molar-refractivity contribution in [1.29, 1.82) is 0 Å². The summed E-state index contributed by atoms with van der Waals surface area (Å²) in [5.41, 5.74) is 5.48. The second-order valence-electron chi connectivity index (χ2n) is 4.57. The van der Waals surface area contributed by atoms with E-state index in [0.717, 1.165) is 32.1 Å². The van der Waals surface area contributed by atoms with E-state index in [9.17, 15) is 4.79 Å². The molecule has 1 aromatic heterocycles. The summed E-state index contributed by atoms with van der Waals surface area (Å²) in [7, 11) is 0. The zero-order valence-electron chi connectivity index (χ0n) is 10.1. The molecule has 102 valence electrons. The summed E-state index contributed by atoms with van der Waals surface area (Å²) in [6.45, 7) is 0.689. The van der Waals surface area contributed by atoms with Gasteiger partial charge in [0.15, 0.2) is 0 Å². The quantitative estimate of drug-likeness (QED) is 0.764. The number of nitrogens with one attached hydrogen (secondary N) is 1. The summed E-state index contributed by atoms with van der Waals surface area (Å²) in [6, 6.07) is 4.22. The molecular formula is C12H18ClIN2OS. The van der Waals surface area contributed by atoms with Crippen LogP contribution in [0.3, 0.4) is 0 Å². The number of halogens is 2. The van der Waals surface area contributed by atoms with Crippen molar-refractivity contribution in [1.82, 2.24) is 5.32 Å². The normalized spacial score (nSPS) is 17.2. The molecule has 1 aromatic rings. The number of nitrogens with two attached hydrogens (primary N) is 1. The summed E-state index contributed by atoms with van der Waals surface area (Å²) in [4.78, 5) is 13.2. The number of hydrogen-bond acceptors (Lipinski definition) is 3. The van der Waals surface area contributed by atoms with E-state index >= 15 is 0 Å². The monoisotopic (exact) mass is 400 g/mol. The van der Waals surface area contributed by atoms with Crippen LogP contribution < -0.4 is 11.1 Å². The van der Waals surface area contributed by atoms with Crippen LogP contribution in [0, 0.1) is 2.88 Å². The molecule has 0 aromatic carbocycles. The van der Waals surface area contributed by atoms with Gasteiger partial charge in [-0.1, -0.05) is 12.8 Å². The van der Waals surface area contributed by atoms with E-state index in [-0.39, 0.29) is 18.3 Å². The third-order valence-electron chi connectivity index (χ3n) is 3.23. The van der Waals surface area contributed by atoms with Crippen molar-refractivity contribution < 1.29 is 4.79 Å². The summed E-state index contributed by atoms with van der Waals surface area (Å²) in [5.74, 6) is 0.0289. The Labute approximate surface area is 131 Å². The zero-order valence-corrected chi connectivity index (χ0v) is 13.9. The molecule has 1 fully saturated rings.